The van der Waals surface area contributed by atoms with Crippen molar-refractivity contribution >= 4 is 0 Å². The van der Waals surface area contributed by atoms with Crippen LogP contribution in [-0.2, 0) is 0 Å². The van der Waals surface area contributed by atoms with Crippen molar-refractivity contribution in [1.29, 1.82) is 0 Å². The SMILES string of the molecule is CCNC(C1CCCCCC1)C(C)(C)C. The zero-order valence-electron chi connectivity index (χ0n) is 11.1. The van der Waals surface area contributed by atoms with Gasteiger partial charge in [0.05, 0.1) is 0 Å². The fourth-order valence-corrected chi connectivity index (χ4v) is 3.04. The molecule has 1 saturated carbocycles. The summed E-state index contributed by atoms with van der Waals surface area (Å²) in [5.74, 6) is 0.910. The molecule has 0 amide bonds. The molecule has 90 valence electrons. The molecule has 1 nitrogen and oxygen atoms in total. The molecule has 1 aliphatic rings. The van der Waals surface area contributed by atoms with Gasteiger partial charge >= 0.3 is 0 Å². The van der Waals surface area contributed by atoms with Crippen LogP contribution in [0.5, 0.6) is 0 Å². The normalized spacial score (nSPS) is 22.4. The second kappa shape index (κ2) is 5.89. The Morgan fingerprint density at radius 2 is 1.60 bits per heavy atom. The zero-order valence-corrected chi connectivity index (χ0v) is 11.1. The van der Waals surface area contributed by atoms with E-state index in [4.69, 9.17) is 0 Å². The maximum absolute atomic E-state index is 3.72. The molecule has 0 aromatic carbocycles. The van der Waals surface area contributed by atoms with E-state index in [0.717, 1.165) is 12.5 Å². The quantitative estimate of drug-likeness (QED) is 0.696. The summed E-state index contributed by atoms with van der Waals surface area (Å²) in [5.41, 5.74) is 0.408. The predicted molar refractivity (Wildman–Crippen MR) is 68.1 cm³/mol. The van der Waals surface area contributed by atoms with Gasteiger partial charge in [-0.3, -0.25) is 0 Å². The fourth-order valence-electron chi connectivity index (χ4n) is 3.04. The van der Waals surface area contributed by atoms with Crippen molar-refractivity contribution in [2.75, 3.05) is 6.54 Å². The summed E-state index contributed by atoms with van der Waals surface area (Å²) in [5, 5.41) is 3.72. The van der Waals surface area contributed by atoms with Crippen molar-refractivity contribution in [2.24, 2.45) is 11.3 Å². The van der Waals surface area contributed by atoms with E-state index in [1.807, 2.05) is 0 Å². The van der Waals surface area contributed by atoms with Crippen LogP contribution in [0.15, 0.2) is 0 Å². The molecule has 1 aliphatic carbocycles. The van der Waals surface area contributed by atoms with Gasteiger partial charge in [-0.25, -0.2) is 0 Å². The van der Waals surface area contributed by atoms with Gasteiger partial charge in [-0.05, 0) is 30.7 Å². The monoisotopic (exact) mass is 211 g/mol. The molecule has 1 rings (SSSR count). The smallest absolute Gasteiger partial charge is 0.0144 e. The van der Waals surface area contributed by atoms with Crippen molar-refractivity contribution in [2.45, 2.75) is 72.3 Å². The van der Waals surface area contributed by atoms with Gasteiger partial charge in [0.1, 0.15) is 0 Å². The summed E-state index contributed by atoms with van der Waals surface area (Å²) >= 11 is 0. The van der Waals surface area contributed by atoms with Crippen LogP contribution in [0.1, 0.15) is 66.2 Å². The van der Waals surface area contributed by atoms with Crippen LogP contribution in [0.4, 0.5) is 0 Å². The van der Waals surface area contributed by atoms with Crippen LogP contribution in [0, 0.1) is 11.3 Å². The van der Waals surface area contributed by atoms with Crippen LogP contribution in [0.3, 0.4) is 0 Å². The topological polar surface area (TPSA) is 12.0 Å². The summed E-state index contributed by atoms with van der Waals surface area (Å²) in [6, 6.07) is 0.709. The predicted octanol–water partition coefficient (Wildman–Crippen LogP) is 3.98. The van der Waals surface area contributed by atoms with Crippen molar-refractivity contribution in [1.82, 2.24) is 5.32 Å². The average Bonchev–Trinajstić information content (AvgIpc) is 2.40. The van der Waals surface area contributed by atoms with Gasteiger partial charge in [0.25, 0.3) is 0 Å². The van der Waals surface area contributed by atoms with E-state index >= 15 is 0 Å². The third-order valence-corrected chi connectivity index (χ3v) is 3.73. The molecule has 0 saturated heterocycles. The van der Waals surface area contributed by atoms with E-state index in [1.165, 1.54) is 38.5 Å². The Morgan fingerprint density at radius 1 is 1.07 bits per heavy atom. The maximum atomic E-state index is 3.72. The highest BCUT2D eigenvalue weighted by molar-refractivity contribution is 4.87. The highest BCUT2D eigenvalue weighted by Crippen LogP contribution is 2.33. The second-order valence-corrected chi connectivity index (χ2v) is 6.15. The van der Waals surface area contributed by atoms with E-state index in [-0.39, 0.29) is 0 Å². The lowest BCUT2D eigenvalue weighted by Gasteiger charge is -2.37. The Balaban J connectivity index is 2.60. The van der Waals surface area contributed by atoms with Crippen molar-refractivity contribution < 1.29 is 0 Å². The Morgan fingerprint density at radius 3 is 2.00 bits per heavy atom. The van der Waals surface area contributed by atoms with Gasteiger partial charge in [-0.2, -0.15) is 0 Å². The van der Waals surface area contributed by atoms with E-state index in [9.17, 15) is 0 Å². The van der Waals surface area contributed by atoms with Crippen molar-refractivity contribution in [3.63, 3.8) is 0 Å². The molecule has 1 unspecified atom stereocenters. The Labute approximate surface area is 96.0 Å². The number of nitrogens with one attached hydrogen (secondary N) is 1. The minimum absolute atomic E-state index is 0.408. The standard InChI is InChI=1S/C14H29N/c1-5-15-13(14(2,3)4)12-10-8-6-7-9-11-12/h12-13,15H,5-11H2,1-4H3. The maximum Gasteiger partial charge on any atom is 0.0144 e. The number of hydrogen-bond acceptors (Lipinski definition) is 1. The summed E-state index contributed by atoms with van der Waals surface area (Å²) in [4.78, 5) is 0. The van der Waals surface area contributed by atoms with E-state index < -0.39 is 0 Å². The van der Waals surface area contributed by atoms with Gasteiger partial charge in [-0.15, -0.1) is 0 Å². The molecule has 0 aromatic rings. The lowest BCUT2D eigenvalue weighted by atomic mass is 9.76. The zero-order chi connectivity index (χ0) is 11.3. The molecule has 1 fully saturated rings. The molecule has 1 atom stereocenters. The lowest BCUT2D eigenvalue weighted by Crippen LogP contribution is -2.45. The van der Waals surface area contributed by atoms with Crippen LogP contribution in [0.25, 0.3) is 0 Å². The molecule has 0 aromatic heterocycles. The number of rotatable bonds is 3. The summed E-state index contributed by atoms with van der Waals surface area (Å²) in [7, 11) is 0. The van der Waals surface area contributed by atoms with E-state index in [2.05, 4.69) is 33.0 Å². The Kier molecular flexibility index (Phi) is 5.11. The number of hydrogen-bond donors (Lipinski definition) is 1. The van der Waals surface area contributed by atoms with Crippen molar-refractivity contribution in [3.8, 4) is 0 Å². The first kappa shape index (κ1) is 13.0. The molecule has 0 radical (unpaired) electrons. The first-order chi connectivity index (χ1) is 7.05. The first-order valence-electron chi connectivity index (χ1n) is 6.79. The first-order valence-corrected chi connectivity index (χ1v) is 6.79. The molecule has 0 bridgehead atoms. The average molecular weight is 211 g/mol. The molecule has 0 spiro atoms. The highest BCUT2D eigenvalue weighted by Gasteiger charge is 2.31. The molecular formula is C14H29N. The fraction of sp³-hybridized carbons (Fsp3) is 1.00. The van der Waals surface area contributed by atoms with Crippen LogP contribution in [0.2, 0.25) is 0 Å². The minimum atomic E-state index is 0.408. The Bertz CT molecular complexity index is 161. The van der Waals surface area contributed by atoms with E-state index in [1.54, 1.807) is 0 Å². The molecular weight excluding hydrogens is 182 g/mol. The minimum Gasteiger partial charge on any atom is -0.313 e. The van der Waals surface area contributed by atoms with Gasteiger partial charge in [0.15, 0.2) is 0 Å². The largest absolute Gasteiger partial charge is 0.313 e. The highest BCUT2D eigenvalue weighted by atomic mass is 14.9. The third kappa shape index (κ3) is 4.14. The van der Waals surface area contributed by atoms with Crippen molar-refractivity contribution in [3.05, 3.63) is 0 Å². The third-order valence-electron chi connectivity index (χ3n) is 3.73. The molecule has 0 aliphatic heterocycles. The molecule has 1 heteroatoms. The van der Waals surface area contributed by atoms with Crippen LogP contribution >= 0.6 is 0 Å². The van der Waals surface area contributed by atoms with Gasteiger partial charge in [0, 0.05) is 6.04 Å². The van der Waals surface area contributed by atoms with Gasteiger partial charge in [0.2, 0.25) is 0 Å². The van der Waals surface area contributed by atoms with Crippen LogP contribution in [-0.4, -0.2) is 12.6 Å². The molecule has 1 N–H and O–H groups in total. The summed E-state index contributed by atoms with van der Waals surface area (Å²) < 4.78 is 0. The molecule has 15 heavy (non-hydrogen) atoms. The van der Waals surface area contributed by atoms with Gasteiger partial charge in [-0.1, -0.05) is 53.4 Å². The second-order valence-electron chi connectivity index (χ2n) is 6.15. The molecule has 0 heterocycles. The van der Waals surface area contributed by atoms with E-state index in [0.29, 0.717) is 11.5 Å². The summed E-state index contributed by atoms with van der Waals surface area (Å²) in [6.07, 6.45) is 8.69. The van der Waals surface area contributed by atoms with Crippen LogP contribution < -0.4 is 5.32 Å². The Hall–Kier alpha value is -0.0400. The summed E-state index contributed by atoms with van der Waals surface area (Å²) in [6.45, 7) is 10.5. The lowest BCUT2D eigenvalue weighted by molar-refractivity contribution is 0.180. The van der Waals surface area contributed by atoms with Gasteiger partial charge < -0.3 is 5.32 Å².